The van der Waals surface area contributed by atoms with Crippen LogP contribution in [0.5, 0.6) is 0 Å². The topological polar surface area (TPSA) is 78.9 Å². The highest BCUT2D eigenvalue weighted by Crippen LogP contribution is 2.30. The van der Waals surface area contributed by atoms with Crippen LogP contribution in [0.4, 0.5) is 17.3 Å². The lowest BCUT2D eigenvalue weighted by Crippen LogP contribution is -2.40. The van der Waals surface area contributed by atoms with Gasteiger partial charge in [-0.15, -0.1) is 5.10 Å². The van der Waals surface area contributed by atoms with E-state index in [0.717, 1.165) is 43.3 Å². The van der Waals surface area contributed by atoms with Crippen LogP contribution in [0.1, 0.15) is 12.8 Å². The number of anilines is 3. The van der Waals surface area contributed by atoms with Crippen molar-refractivity contribution in [3.05, 3.63) is 29.8 Å². The zero-order chi connectivity index (χ0) is 15.4. The molecule has 1 fully saturated rings. The Morgan fingerprint density at radius 1 is 1.27 bits per heavy atom. The van der Waals surface area contributed by atoms with Crippen molar-refractivity contribution in [2.24, 2.45) is 0 Å². The first-order valence-corrected chi connectivity index (χ1v) is 7.63. The number of nitrogens with zero attached hydrogens (tertiary/aromatic N) is 5. The highest BCUT2D eigenvalue weighted by Gasteiger charge is 2.23. The summed E-state index contributed by atoms with van der Waals surface area (Å²) in [6.07, 6.45) is 5.18. The molecule has 3 heterocycles. The van der Waals surface area contributed by atoms with Crippen molar-refractivity contribution in [2.45, 2.75) is 18.9 Å². The van der Waals surface area contributed by atoms with Crippen LogP contribution in [0.3, 0.4) is 0 Å². The molecule has 8 heteroatoms. The molecule has 3 rings (SSSR count). The summed E-state index contributed by atoms with van der Waals surface area (Å²) in [5.74, 6) is 1.68. The van der Waals surface area contributed by atoms with Crippen molar-refractivity contribution in [2.75, 3.05) is 35.7 Å². The Balaban J connectivity index is 1.64. The average Bonchev–Trinajstić information content (AvgIpc) is 2.56. The normalized spacial score (nSPS) is 15.6. The van der Waals surface area contributed by atoms with Gasteiger partial charge in [-0.1, -0.05) is 11.6 Å². The minimum absolute atomic E-state index is 0.392. The molecule has 0 atom stereocenters. The van der Waals surface area contributed by atoms with E-state index in [2.05, 4.69) is 35.7 Å². The highest BCUT2D eigenvalue weighted by atomic mass is 35.5. The maximum atomic E-state index is 6.12. The first-order chi connectivity index (χ1) is 10.8. The molecular formula is C14H18ClN7. The molecule has 0 radical (unpaired) electrons. The van der Waals surface area contributed by atoms with E-state index in [-0.39, 0.29) is 0 Å². The van der Waals surface area contributed by atoms with Gasteiger partial charge in [0.1, 0.15) is 17.8 Å². The van der Waals surface area contributed by atoms with Crippen LogP contribution < -0.4 is 15.5 Å². The van der Waals surface area contributed by atoms with Crippen LogP contribution in [0.2, 0.25) is 5.15 Å². The lowest BCUT2D eigenvalue weighted by molar-refractivity contribution is 0.522. The van der Waals surface area contributed by atoms with Crippen LogP contribution >= 0.6 is 11.6 Å². The lowest BCUT2D eigenvalue weighted by Gasteiger charge is -2.34. The third-order valence-electron chi connectivity index (χ3n) is 3.75. The predicted octanol–water partition coefficient (Wildman–Crippen LogP) is 2.04. The summed E-state index contributed by atoms with van der Waals surface area (Å²) in [6.45, 7) is 1.81. The second kappa shape index (κ2) is 6.74. The molecule has 7 nitrogen and oxygen atoms in total. The Hall–Kier alpha value is -2.15. The summed E-state index contributed by atoms with van der Waals surface area (Å²) >= 11 is 6.12. The fraction of sp³-hybridized carbons (Fsp3) is 0.429. The van der Waals surface area contributed by atoms with Gasteiger partial charge in [0.25, 0.3) is 0 Å². The second-order valence-corrected chi connectivity index (χ2v) is 5.49. The van der Waals surface area contributed by atoms with Gasteiger partial charge in [0, 0.05) is 32.4 Å². The van der Waals surface area contributed by atoms with Crippen LogP contribution in [0.25, 0.3) is 0 Å². The van der Waals surface area contributed by atoms with Crippen molar-refractivity contribution in [3.63, 3.8) is 0 Å². The molecule has 116 valence electrons. The van der Waals surface area contributed by atoms with E-state index in [0.29, 0.717) is 11.2 Å². The van der Waals surface area contributed by atoms with Gasteiger partial charge in [-0.2, -0.15) is 5.10 Å². The Morgan fingerprint density at radius 2 is 2.09 bits per heavy atom. The Morgan fingerprint density at radius 3 is 2.77 bits per heavy atom. The summed E-state index contributed by atoms with van der Waals surface area (Å²) in [5, 5.41) is 14.9. The fourth-order valence-electron chi connectivity index (χ4n) is 2.63. The van der Waals surface area contributed by atoms with Crippen molar-refractivity contribution in [1.82, 2.24) is 20.2 Å². The minimum Gasteiger partial charge on any atom is -0.383 e. The monoisotopic (exact) mass is 319 g/mol. The van der Waals surface area contributed by atoms with Crippen molar-refractivity contribution in [3.8, 4) is 0 Å². The van der Waals surface area contributed by atoms with Crippen molar-refractivity contribution in [1.29, 1.82) is 0 Å². The molecule has 0 unspecified atom stereocenters. The highest BCUT2D eigenvalue weighted by molar-refractivity contribution is 6.32. The van der Waals surface area contributed by atoms with Gasteiger partial charge in [-0.25, -0.2) is 9.97 Å². The number of halogens is 1. The van der Waals surface area contributed by atoms with Crippen LogP contribution in [-0.2, 0) is 0 Å². The van der Waals surface area contributed by atoms with Gasteiger partial charge in [0.15, 0.2) is 11.0 Å². The van der Waals surface area contributed by atoms with Gasteiger partial charge in [0.2, 0.25) is 0 Å². The number of hydrogen-bond donors (Lipinski definition) is 2. The molecule has 0 aromatic carbocycles. The molecule has 0 spiro atoms. The zero-order valence-corrected chi connectivity index (χ0v) is 13.1. The Bertz CT molecular complexity index is 614. The third-order valence-corrected chi connectivity index (χ3v) is 4.04. The largest absolute Gasteiger partial charge is 0.383 e. The number of nitrogens with one attached hydrogen (secondary N) is 2. The van der Waals surface area contributed by atoms with Crippen LogP contribution in [0.15, 0.2) is 24.7 Å². The van der Waals surface area contributed by atoms with Gasteiger partial charge in [0.05, 0.1) is 0 Å². The molecule has 0 aliphatic carbocycles. The van der Waals surface area contributed by atoms with E-state index < -0.39 is 0 Å². The van der Waals surface area contributed by atoms with Crippen molar-refractivity contribution < 1.29 is 0 Å². The second-order valence-electron chi connectivity index (χ2n) is 5.13. The molecular weight excluding hydrogens is 302 g/mol. The molecule has 2 aromatic rings. The van der Waals surface area contributed by atoms with Crippen molar-refractivity contribution >= 4 is 28.9 Å². The molecule has 2 aromatic heterocycles. The SMILES string of the molecule is CNc1c(Cl)ncnc1N1CCC(Nc2cccnn2)CC1. The molecule has 22 heavy (non-hydrogen) atoms. The summed E-state index contributed by atoms with van der Waals surface area (Å²) in [6, 6.07) is 4.21. The van der Waals surface area contributed by atoms with E-state index in [9.17, 15) is 0 Å². The Kier molecular flexibility index (Phi) is 4.53. The van der Waals surface area contributed by atoms with Gasteiger partial charge in [-0.3, -0.25) is 0 Å². The summed E-state index contributed by atoms with van der Waals surface area (Å²) < 4.78 is 0. The molecule has 0 amide bonds. The average molecular weight is 320 g/mol. The minimum atomic E-state index is 0.392. The number of piperidine rings is 1. The number of rotatable bonds is 4. The predicted molar refractivity (Wildman–Crippen MR) is 87.5 cm³/mol. The first-order valence-electron chi connectivity index (χ1n) is 7.25. The number of hydrogen-bond acceptors (Lipinski definition) is 7. The first kappa shape index (κ1) is 14.8. The summed E-state index contributed by atoms with van der Waals surface area (Å²) in [7, 11) is 1.83. The molecule has 1 aliphatic heterocycles. The van der Waals surface area contributed by atoms with E-state index in [1.807, 2.05) is 19.2 Å². The number of aromatic nitrogens is 4. The van der Waals surface area contributed by atoms with E-state index in [1.165, 1.54) is 6.33 Å². The summed E-state index contributed by atoms with van der Waals surface area (Å²) in [4.78, 5) is 10.6. The maximum absolute atomic E-state index is 6.12. The molecule has 1 saturated heterocycles. The van der Waals surface area contributed by atoms with E-state index in [4.69, 9.17) is 11.6 Å². The van der Waals surface area contributed by atoms with E-state index >= 15 is 0 Å². The fourth-order valence-corrected chi connectivity index (χ4v) is 2.86. The van der Waals surface area contributed by atoms with Gasteiger partial charge < -0.3 is 15.5 Å². The van der Waals surface area contributed by atoms with Crippen LogP contribution in [0, 0.1) is 0 Å². The molecule has 1 aliphatic rings. The van der Waals surface area contributed by atoms with E-state index in [1.54, 1.807) is 6.20 Å². The lowest BCUT2D eigenvalue weighted by atomic mass is 10.0. The molecule has 0 bridgehead atoms. The third kappa shape index (κ3) is 3.19. The molecule has 2 N–H and O–H groups in total. The van der Waals surface area contributed by atoms with Crippen LogP contribution in [-0.4, -0.2) is 46.3 Å². The zero-order valence-electron chi connectivity index (χ0n) is 12.3. The standard InChI is InChI=1S/C14H18ClN7/c1-16-12-13(15)17-9-18-14(12)22-7-4-10(5-8-22)20-11-3-2-6-19-21-11/h2-3,6,9-10,16H,4-5,7-8H2,1H3,(H,20,21). The summed E-state index contributed by atoms with van der Waals surface area (Å²) in [5.41, 5.74) is 0.782. The Labute approximate surface area is 134 Å². The van der Waals surface area contributed by atoms with Gasteiger partial charge in [-0.05, 0) is 25.0 Å². The quantitative estimate of drug-likeness (QED) is 0.835. The smallest absolute Gasteiger partial charge is 0.157 e. The molecule has 0 saturated carbocycles. The van der Waals surface area contributed by atoms with Gasteiger partial charge >= 0.3 is 0 Å². The maximum Gasteiger partial charge on any atom is 0.157 e.